The summed E-state index contributed by atoms with van der Waals surface area (Å²) < 4.78 is 6.27. The van der Waals surface area contributed by atoms with Crippen LogP contribution in [0, 0.1) is 5.92 Å². The van der Waals surface area contributed by atoms with Gasteiger partial charge in [0.25, 0.3) is 0 Å². The van der Waals surface area contributed by atoms with Crippen LogP contribution in [-0.4, -0.2) is 65.6 Å². The molecule has 0 bridgehead atoms. The highest BCUT2D eigenvalue weighted by molar-refractivity contribution is 7.07. The van der Waals surface area contributed by atoms with Crippen molar-refractivity contribution in [2.24, 2.45) is 5.92 Å². The van der Waals surface area contributed by atoms with Crippen LogP contribution in [-0.2, 0) is 28.2 Å². The monoisotopic (exact) mass is 415 g/mol. The van der Waals surface area contributed by atoms with Crippen LogP contribution in [0.3, 0.4) is 0 Å². The lowest BCUT2D eigenvalue weighted by Crippen LogP contribution is -2.47. The second kappa shape index (κ2) is 8.92. The summed E-state index contributed by atoms with van der Waals surface area (Å²) >= 11 is 1.56. The quantitative estimate of drug-likeness (QED) is 0.752. The molecule has 2 aliphatic heterocycles. The second-order valence-corrected chi connectivity index (χ2v) is 8.82. The predicted molar refractivity (Wildman–Crippen MR) is 113 cm³/mol. The Balaban J connectivity index is 1.42. The molecule has 156 valence electrons. The molecule has 1 fully saturated rings. The Hall–Kier alpha value is -1.80. The molecule has 0 saturated carbocycles. The predicted octanol–water partition coefficient (Wildman–Crippen LogP) is 2.27. The van der Waals surface area contributed by atoms with Crippen LogP contribution >= 0.6 is 11.3 Å². The van der Waals surface area contributed by atoms with E-state index in [4.69, 9.17) is 4.74 Å². The molecule has 4 rings (SSSR count). The molecule has 1 saturated heterocycles. The Morgan fingerprint density at radius 2 is 2.17 bits per heavy atom. The average molecular weight is 416 g/mol. The first-order valence-electron chi connectivity index (χ1n) is 10.3. The average Bonchev–Trinajstić information content (AvgIpc) is 3.38. The lowest BCUT2D eigenvalue weighted by Gasteiger charge is -2.40. The molecule has 1 unspecified atom stereocenters. The molecule has 2 aliphatic rings. The lowest BCUT2D eigenvalue weighted by atomic mass is 9.83. The van der Waals surface area contributed by atoms with Crippen molar-refractivity contribution in [2.75, 3.05) is 39.8 Å². The third-order valence-corrected chi connectivity index (χ3v) is 6.89. The fourth-order valence-corrected chi connectivity index (χ4v) is 5.17. The van der Waals surface area contributed by atoms with Crippen molar-refractivity contribution < 1.29 is 14.6 Å². The Morgan fingerprint density at radius 1 is 1.38 bits per heavy atom. The first-order chi connectivity index (χ1) is 14.1. The molecule has 0 aliphatic carbocycles. The zero-order chi connectivity index (χ0) is 20.3. The molecule has 1 spiro atoms. The fraction of sp³-hybridized carbons (Fsp3) is 0.545. The summed E-state index contributed by atoms with van der Waals surface area (Å²) in [5.74, 6) is -0.0747. The normalized spacial score (nSPS) is 19.2. The van der Waals surface area contributed by atoms with Gasteiger partial charge in [-0.05, 0) is 24.0 Å². The highest BCUT2D eigenvalue weighted by atomic mass is 32.1. The number of nitrogens with zero attached hydrogens (tertiary/aromatic N) is 3. The van der Waals surface area contributed by atoms with E-state index in [2.05, 4.69) is 34.1 Å². The van der Waals surface area contributed by atoms with Gasteiger partial charge in [0.15, 0.2) is 0 Å². The summed E-state index contributed by atoms with van der Waals surface area (Å²) in [6.07, 6.45) is 2.54. The van der Waals surface area contributed by atoms with Crippen molar-refractivity contribution in [3.8, 4) is 0 Å². The topological polar surface area (TPSA) is 65.9 Å². The van der Waals surface area contributed by atoms with Crippen LogP contribution in [0.4, 0.5) is 0 Å². The number of thiazole rings is 1. The highest BCUT2D eigenvalue weighted by Crippen LogP contribution is 2.44. The Morgan fingerprint density at radius 3 is 2.90 bits per heavy atom. The van der Waals surface area contributed by atoms with E-state index in [1.54, 1.807) is 23.3 Å². The van der Waals surface area contributed by atoms with E-state index in [0.717, 1.165) is 31.6 Å². The summed E-state index contributed by atoms with van der Waals surface area (Å²) in [6, 6.07) is 8.54. The van der Waals surface area contributed by atoms with E-state index >= 15 is 0 Å². The van der Waals surface area contributed by atoms with Crippen molar-refractivity contribution in [1.82, 2.24) is 14.8 Å². The van der Waals surface area contributed by atoms with Gasteiger partial charge in [-0.1, -0.05) is 24.3 Å². The van der Waals surface area contributed by atoms with Gasteiger partial charge >= 0.3 is 0 Å². The van der Waals surface area contributed by atoms with Crippen molar-refractivity contribution >= 4 is 17.2 Å². The molecule has 2 aromatic rings. The minimum absolute atomic E-state index is 0.0192. The molecular weight excluding hydrogens is 386 g/mol. The van der Waals surface area contributed by atoms with Gasteiger partial charge in [0.2, 0.25) is 5.91 Å². The van der Waals surface area contributed by atoms with Crippen molar-refractivity contribution in [1.29, 1.82) is 0 Å². The van der Waals surface area contributed by atoms with Crippen molar-refractivity contribution in [2.45, 2.75) is 31.5 Å². The minimum Gasteiger partial charge on any atom is -0.395 e. The van der Waals surface area contributed by atoms with Crippen molar-refractivity contribution in [3.63, 3.8) is 0 Å². The van der Waals surface area contributed by atoms with Gasteiger partial charge in [-0.3, -0.25) is 4.79 Å². The number of aliphatic hydroxyl groups is 1. The number of likely N-dealkylation sites (tertiary alicyclic amines) is 1. The number of piperidine rings is 1. The molecule has 1 atom stereocenters. The Bertz CT molecular complexity index is 818. The van der Waals surface area contributed by atoms with Crippen LogP contribution in [0.1, 0.15) is 29.7 Å². The zero-order valence-electron chi connectivity index (χ0n) is 16.9. The molecule has 6 nitrogen and oxygen atoms in total. The van der Waals surface area contributed by atoms with Gasteiger partial charge < -0.3 is 19.6 Å². The summed E-state index contributed by atoms with van der Waals surface area (Å²) in [5, 5.41) is 11.2. The number of rotatable bonds is 7. The summed E-state index contributed by atoms with van der Waals surface area (Å²) in [7, 11) is 1.76. The standard InChI is InChI=1S/C22H29N3O3S/c1-24(10-11-26)21(27)18(12-19-15-29-16-23-19)13-25-8-6-22(7-9-25)20-5-3-2-4-17(20)14-28-22/h2-5,15-16,18,26H,6-14H2,1H3. The molecule has 0 radical (unpaired) electrons. The number of benzene rings is 1. The molecule has 1 amide bonds. The van der Waals surface area contributed by atoms with Crippen LogP contribution in [0.5, 0.6) is 0 Å². The van der Waals surface area contributed by atoms with E-state index in [-0.39, 0.29) is 24.0 Å². The maximum absolute atomic E-state index is 13.0. The molecular formula is C22H29N3O3S. The lowest BCUT2D eigenvalue weighted by molar-refractivity contribution is -0.136. The van der Waals surface area contributed by atoms with E-state index < -0.39 is 0 Å². The zero-order valence-corrected chi connectivity index (χ0v) is 17.7. The van der Waals surface area contributed by atoms with Gasteiger partial charge in [-0.2, -0.15) is 0 Å². The van der Waals surface area contributed by atoms with Crippen LogP contribution in [0.15, 0.2) is 35.2 Å². The van der Waals surface area contributed by atoms with E-state index in [0.29, 0.717) is 26.1 Å². The summed E-state index contributed by atoms with van der Waals surface area (Å²) in [6.45, 7) is 3.59. The fourth-order valence-electron chi connectivity index (χ4n) is 4.60. The maximum atomic E-state index is 13.0. The first-order valence-corrected chi connectivity index (χ1v) is 11.2. The third-order valence-electron chi connectivity index (χ3n) is 6.25. The molecule has 1 aromatic carbocycles. The van der Waals surface area contributed by atoms with Gasteiger partial charge in [0.1, 0.15) is 0 Å². The number of amides is 1. The van der Waals surface area contributed by atoms with Crippen LogP contribution < -0.4 is 0 Å². The van der Waals surface area contributed by atoms with Gasteiger partial charge in [0, 0.05) is 45.0 Å². The van der Waals surface area contributed by atoms with Gasteiger partial charge in [-0.15, -0.1) is 11.3 Å². The first kappa shape index (κ1) is 20.5. The molecule has 7 heteroatoms. The number of ether oxygens (including phenoxy) is 1. The third kappa shape index (κ3) is 4.38. The molecule has 1 N–H and O–H groups in total. The highest BCUT2D eigenvalue weighted by Gasteiger charge is 2.42. The van der Waals surface area contributed by atoms with E-state index in [1.165, 1.54) is 11.1 Å². The van der Waals surface area contributed by atoms with E-state index in [9.17, 15) is 9.90 Å². The molecule has 1 aromatic heterocycles. The molecule has 3 heterocycles. The molecule has 29 heavy (non-hydrogen) atoms. The summed E-state index contributed by atoms with van der Waals surface area (Å²) in [4.78, 5) is 21.4. The van der Waals surface area contributed by atoms with Crippen molar-refractivity contribution in [3.05, 3.63) is 52.0 Å². The number of hydrogen-bond acceptors (Lipinski definition) is 6. The minimum atomic E-state index is -0.158. The van der Waals surface area contributed by atoms with E-state index in [1.807, 2.05) is 10.9 Å². The maximum Gasteiger partial charge on any atom is 0.227 e. The van der Waals surface area contributed by atoms with Gasteiger partial charge in [-0.25, -0.2) is 4.98 Å². The number of likely N-dealkylation sites (N-methyl/N-ethyl adjacent to an activating group) is 1. The number of hydrogen-bond donors (Lipinski definition) is 1. The Labute approximate surface area is 176 Å². The SMILES string of the molecule is CN(CCO)C(=O)C(Cc1cscn1)CN1CCC2(CC1)OCc1ccccc12. The number of aliphatic hydroxyl groups excluding tert-OH is 1. The smallest absolute Gasteiger partial charge is 0.227 e. The largest absolute Gasteiger partial charge is 0.395 e. The number of fused-ring (bicyclic) bond motifs is 2. The van der Waals surface area contributed by atoms with Crippen LogP contribution in [0.2, 0.25) is 0 Å². The number of aromatic nitrogens is 1. The second-order valence-electron chi connectivity index (χ2n) is 8.10. The Kier molecular flexibility index (Phi) is 6.29. The summed E-state index contributed by atoms with van der Waals surface area (Å²) in [5.41, 5.74) is 5.27. The van der Waals surface area contributed by atoms with Crippen LogP contribution in [0.25, 0.3) is 0 Å². The number of carbonyl (C=O) groups is 1. The number of carbonyl (C=O) groups excluding carboxylic acids is 1. The van der Waals surface area contributed by atoms with Gasteiger partial charge in [0.05, 0.1) is 35.9 Å².